The van der Waals surface area contributed by atoms with Crippen molar-refractivity contribution in [1.82, 2.24) is 15.5 Å². The van der Waals surface area contributed by atoms with Gasteiger partial charge in [0.2, 0.25) is 5.91 Å². The molecule has 0 radical (unpaired) electrons. The minimum atomic E-state index is 0. The molecule has 0 saturated carbocycles. The van der Waals surface area contributed by atoms with E-state index in [1.54, 1.807) is 7.05 Å². The maximum atomic E-state index is 11.7. The van der Waals surface area contributed by atoms with Crippen molar-refractivity contribution in [2.75, 3.05) is 20.6 Å². The molecular formula is C17H29IN4O. The first-order valence-electron chi connectivity index (χ1n) is 7.81. The lowest BCUT2D eigenvalue weighted by molar-refractivity contribution is -0.121. The van der Waals surface area contributed by atoms with E-state index in [-0.39, 0.29) is 35.9 Å². The highest BCUT2D eigenvalue weighted by molar-refractivity contribution is 14.0. The van der Waals surface area contributed by atoms with Crippen LogP contribution in [0, 0.1) is 0 Å². The van der Waals surface area contributed by atoms with E-state index >= 15 is 0 Å². The number of hydrogen-bond acceptors (Lipinski definition) is 2. The van der Waals surface area contributed by atoms with Crippen molar-refractivity contribution in [3.05, 3.63) is 35.9 Å². The summed E-state index contributed by atoms with van der Waals surface area (Å²) in [7, 11) is 3.74. The monoisotopic (exact) mass is 432 g/mol. The summed E-state index contributed by atoms with van der Waals surface area (Å²) in [6, 6.07) is 10.5. The first kappa shape index (κ1) is 21.7. The van der Waals surface area contributed by atoms with Gasteiger partial charge < -0.3 is 15.5 Å². The third kappa shape index (κ3) is 8.78. The standard InChI is InChI=1S/C17H28N4O.HI/c1-5-14(2)20-16(22)11-12-19-17(18-3)21(4)13-15-9-7-6-8-10-15;/h6-10,14H,5,11-13H2,1-4H3,(H,18,19)(H,20,22);1H. The Morgan fingerprint density at radius 3 is 2.52 bits per heavy atom. The fourth-order valence-electron chi connectivity index (χ4n) is 2.05. The largest absolute Gasteiger partial charge is 0.356 e. The van der Waals surface area contributed by atoms with Gasteiger partial charge in [0.05, 0.1) is 0 Å². The van der Waals surface area contributed by atoms with Gasteiger partial charge in [-0.3, -0.25) is 9.79 Å². The summed E-state index contributed by atoms with van der Waals surface area (Å²) in [4.78, 5) is 18.0. The Kier molecular flexibility index (Phi) is 11.5. The number of rotatable bonds is 7. The molecule has 6 heteroatoms. The molecular weight excluding hydrogens is 403 g/mol. The molecule has 1 amide bonds. The predicted octanol–water partition coefficient (Wildman–Crippen LogP) is 2.62. The molecule has 0 saturated heterocycles. The zero-order valence-electron chi connectivity index (χ0n) is 14.5. The number of benzene rings is 1. The van der Waals surface area contributed by atoms with E-state index in [9.17, 15) is 4.79 Å². The Morgan fingerprint density at radius 1 is 1.30 bits per heavy atom. The highest BCUT2D eigenvalue weighted by Crippen LogP contribution is 2.02. The molecule has 2 N–H and O–H groups in total. The summed E-state index contributed by atoms with van der Waals surface area (Å²) in [5.41, 5.74) is 1.22. The third-order valence-electron chi connectivity index (χ3n) is 3.49. The van der Waals surface area contributed by atoms with Crippen molar-refractivity contribution in [1.29, 1.82) is 0 Å². The maximum absolute atomic E-state index is 11.7. The van der Waals surface area contributed by atoms with E-state index in [4.69, 9.17) is 0 Å². The number of nitrogens with one attached hydrogen (secondary N) is 2. The fourth-order valence-corrected chi connectivity index (χ4v) is 2.05. The highest BCUT2D eigenvalue weighted by Gasteiger charge is 2.08. The topological polar surface area (TPSA) is 56.7 Å². The highest BCUT2D eigenvalue weighted by atomic mass is 127. The first-order valence-corrected chi connectivity index (χ1v) is 7.81. The second-order valence-electron chi connectivity index (χ2n) is 5.44. The third-order valence-corrected chi connectivity index (χ3v) is 3.49. The number of halogens is 1. The SMILES string of the molecule is CCC(C)NC(=O)CCNC(=NC)N(C)Cc1ccccc1.I. The minimum absolute atomic E-state index is 0. The molecule has 1 aromatic rings. The van der Waals surface area contributed by atoms with E-state index in [2.05, 4.69) is 34.7 Å². The van der Waals surface area contributed by atoms with E-state index < -0.39 is 0 Å². The molecule has 0 spiro atoms. The lowest BCUT2D eigenvalue weighted by Gasteiger charge is -2.22. The Bertz CT molecular complexity index is 479. The molecule has 1 unspecified atom stereocenters. The van der Waals surface area contributed by atoms with Gasteiger partial charge in [0.25, 0.3) is 0 Å². The Hall–Kier alpha value is -1.31. The molecule has 0 fully saturated rings. The summed E-state index contributed by atoms with van der Waals surface area (Å²) in [5.74, 6) is 0.864. The Morgan fingerprint density at radius 2 is 1.96 bits per heavy atom. The van der Waals surface area contributed by atoms with Crippen LogP contribution in [0.3, 0.4) is 0 Å². The molecule has 0 aliphatic rings. The van der Waals surface area contributed by atoms with Crippen LogP contribution in [-0.2, 0) is 11.3 Å². The summed E-state index contributed by atoms with van der Waals surface area (Å²) in [5, 5.41) is 6.18. The molecule has 1 atom stereocenters. The van der Waals surface area contributed by atoms with Crippen molar-refractivity contribution in [3.63, 3.8) is 0 Å². The van der Waals surface area contributed by atoms with Crippen molar-refractivity contribution < 1.29 is 4.79 Å². The number of carbonyl (C=O) groups excluding carboxylic acids is 1. The van der Waals surface area contributed by atoms with Crippen LogP contribution in [-0.4, -0.2) is 43.4 Å². The van der Waals surface area contributed by atoms with Gasteiger partial charge in [-0.2, -0.15) is 0 Å². The zero-order valence-corrected chi connectivity index (χ0v) is 16.8. The summed E-state index contributed by atoms with van der Waals surface area (Å²) < 4.78 is 0. The lowest BCUT2D eigenvalue weighted by atomic mass is 10.2. The number of hydrogen-bond donors (Lipinski definition) is 2. The number of aliphatic imine (C=N–C) groups is 1. The fraction of sp³-hybridized carbons (Fsp3) is 0.529. The van der Waals surface area contributed by atoms with Crippen LogP contribution in [0.4, 0.5) is 0 Å². The summed E-state index contributed by atoms with van der Waals surface area (Å²) >= 11 is 0. The van der Waals surface area contributed by atoms with Crippen molar-refractivity contribution in [3.8, 4) is 0 Å². The van der Waals surface area contributed by atoms with Gasteiger partial charge in [-0.25, -0.2) is 0 Å². The second kappa shape index (κ2) is 12.2. The van der Waals surface area contributed by atoms with Gasteiger partial charge in [-0.15, -0.1) is 24.0 Å². The number of amides is 1. The van der Waals surface area contributed by atoms with Crippen LogP contribution >= 0.6 is 24.0 Å². The van der Waals surface area contributed by atoms with Gasteiger partial charge in [-0.05, 0) is 18.9 Å². The van der Waals surface area contributed by atoms with Crippen LogP contribution in [0.5, 0.6) is 0 Å². The quantitative estimate of drug-likeness (QED) is 0.396. The van der Waals surface area contributed by atoms with Gasteiger partial charge in [0.1, 0.15) is 0 Å². The average Bonchev–Trinajstić information content (AvgIpc) is 2.52. The van der Waals surface area contributed by atoms with E-state index in [1.165, 1.54) is 5.56 Å². The van der Waals surface area contributed by atoms with Crippen molar-refractivity contribution in [2.24, 2.45) is 4.99 Å². The van der Waals surface area contributed by atoms with Gasteiger partial charge >= 0.3 is 0 Å². The Labute approximate surface area is 157 Å². The second-order valence-corrected chi connectivity index (χ2v) is 5.44. The van der Waals surface area contributed by atoms with E-state index in [0.29, 0.717) is 13.0 Å². The average molecular weight is 432 g/mol. The molecule has 0 heterocycles. The summed E-state index contributed by atoms with van der Waals surface area (Å²) in [6.45, 7) is 5.43. The number of guanidine groups is 1. The zero-order chi connectivity index (χ0) is 16.4. The van der Waals surface area contributed by atoms with Crippen LogP contribution < -0.4 is 10.6 Å². The molecule has 0 bridgehead atoms. The first-order chi connectivity index (χ1) is 10.6. The molecule has 0 aromatic heterocycles. The minimum Gasteiger partial charge on any atom is -0.356 e. The van der Waals surface area contributed by atoms with Gasteiger partial charge in [0.15, 0.2) is 5.96 Å². The smallest absolute Gasteiger partial charge is 0.221 e. The van der Waals surface area contributed by atoms with Crippen LogP contribution in [0.1, 0.15) is 32.3 Å². The maximum Gasteiger partial charge on any atom is 0.221 e. The molecule has 0 aliphatic heterocycles. The van der Waals surface area contributed by atoms with Crippen LogP contribution in [0.2, 0.25) is 0 Å². The van der Waals surface area contributed by atoms with Crippen LogP contribution in [0.15, 0.2) is 35.3 Å². The predicted molar refractivity (Wildman–Crippen MR) is 107 cm³/mol. The lowest BCUT2D eigenvalue weighted by Crippen LogP contribution is -2.41. The molecule has 1 aromatic carbocycles. The Balaban J connectivity index is 0.00000484. The van der Waals surface area contributed by atoms with E-state index in [1.807, 2.05) is 37.1 Å². The molecule has 1 rings (SSSR count). The molecule has 5 nitrogen and oxygen atoms in total. The summed E-state index contributed by atoms with van der Waals surface area (Å²) in [6.07, 6.45) is 1.39. The van der Waals surface area contributed by atoms with Crippen LogP contribution in [0.25, 0.3) is 0 Å². The van der Waals surface area contributed by atoms with Gasteiger partial charge in [-0.1, -0.05) is 37.3 Å². The normalized spacial score (nSPS) is 12.1. The van der Waals surface area contributed by atoms with Crippen molar-refractivity contribution >= 4 is 35.8 Å². The molecule has 0 aliphatic carbocycles. The number of nitrogens with zero attached hydrogens (tertiary/aromatic N) is 2. The molecule has 130 valence electrons. The molecule has 23 heavy (non-hydrogen) atoms. The van der Waals surface area contributed by atoms with E-state index in [0.717, 1.165) is 18.9 Å². The van der Waals surface area contributed by atoms with Crippen molar-refractivity contribution in [2.45, 2.75) is 39.3 Å². The van der Waals surface area contributed by atoms with Gasteiger partial charge in [0, 0.05) is 39.6 Å². The number of carbonyl (C=O) groups is 1.